The number of ether oxygens (including phenoxy) is 1. The number of nitrogens with zero attached hydrogens (tertiary/aromatic N) is 1. The van der Waals surface area contributed by atoms with E-state index in [-0.39, 0.29) is 105 Å². The molecule has 93 heavy (non-hydrogen) atoms. The van der Waals surface area contributed by atoms with Gasteiger partial charge in [0.1, 0.15) is 17.9 Å². The minimum absolute atomic E-state index is 0.00740. The van der Waals surface area contributed by atoms with Gasteiger partial charge in [0.05, 0.1) is 47.2 Å². The fourth-order valence-corrected chi connectivity index (χ4v) is 25.8. The summed E-state index contributed by atoms with van der Waals surface area (Å²) in [5.41, 5.74) is 6.16. The second-order valence-electron chi connectivity index (χ2n) is 31.2. The average Bonchev–Trinajstić information content (AvgIpc) is 1.62. The Kier molecular flexibility index (Phi) is 18.6. The number of aromatic hydroxyl groups is 1. The number of nitrogens with two attached hydrogens (primary N) is 2. The molecule has 2 aromatic rings. The lowest BCUT2D eigenvalue weighted by Gasteiger charge is -2.66. The van der Waals surface area contributed by atoms with E-state index >= 15 is 14.7 Å². The third kappa shape index (κ3) is 11.0. The molecule has 23 unspecified atom stereocenters. The first-order valence-corrected chi connectivity index (χ1v) is 37.6. The fourth-order valence-electron chi connectivity index (χ4n) is 23.1. The second kappa shape index (κ2) is 25.8. The number of fused-ring (bicyclic) bond motifs is 10. The zero-order valence-corrected chi connectivity index (χ0v) is 56.0. The van der Waals surface area contributed by atoms with Gasteiger partial charge in [-0.25, -0.2) is 0 Å². The fraction of sp³-hybridized carbons (Fsp3) is 0.726. The second-order valence-corrected chi connectivity index (χ2v) is 33.7. The van der Waals surface area contributed by atoms with E-state index in [9.17, 15) is 45.6 Å². The molecule has 2 aliphatic heterocycles. The Bertz CT molecular complexity index is 3280. The molecule has 20 heteroatoms. The highest BCUT2D eigenvalue weighted by Gasteiger charge is 2.78. The van der Waals surface area contributed by atoms with Gasteiger partial charge in [-0.1, -0.05) is 84.4 Å². The molecule has 18 nitrogen and oxygen atoms in total. The zero-order chi connectivity index (χ0) is 65.7. The number of aromatic nitrogens is 1. The van der Waals surface area contributed by atoms with Crippen molar-refractivity contribution < 1.29 is 65.1 Å². The molecule has 13 rings (SSSR count). The average molecular weight is 1320 g/mol. The van der Waals surface area contributed by atoms with Crippen LogP contribution in [0.1, 0.15) is 179 Å². The molecule has 15 N–H and O–H groups in total. The first-order chi connectivity index (χ1) is 44.5. The summed E-state index contributed by atoms with van der Waals surface area (Å²) in [4.78, 5) is 54.5. The predicted molar refractivity (Wildman–Crippen MR) is 355 cm³/mol. The van der Waals surface area contributed by atoms with Crippen LogP contribution in [0.4, 0.5) is 0 Å². The lowest BCUT2D eigenvalue weighted by molar-refractivity contribution is -0.237. The Morgan fingerprint density at radius 3 is 2.39 bits per heavy atom. The SMILES string of the molecule is CCC1OC(=O)C(c2cc[nH]c2)C1C1C#CCC2CC3(O)C4=C5NC(CO)C(=O)CC(c6ccc(O)cc6)CSSCC6C(O)C(O)CC(C7CCCCC7)(C4CCC3(CCN=C(N)N)C2C(C)(O)C2(O)CCC3(C1)C1CC(C)CCC1=CCC3C(C(O)O)C2)C6C5=O. The summed E-state index contributed by atoms with van der Waals surface area (Å²) < 4.78 is 6.39. The molecule has 11 aliphatic rings. The van der Waals surface area contributed by atoms with Crippen molar-refractivity contribution in [1.29, 1.82) is 0 Å². The summed E-state index contributed by atoms with van der Waals surface area (Å²) in [6.07, 6.45) is 10.3. The van der Waals surface area contributed by atoms with Crippen molar-refractivity contribution in [3.63, 3.8) is 0 Å². The van der Waals surface area contributed by atoms with Crippen LogP contribution in [-0.2, 0) is 19.1 Å². The van der Waals surface area contributed by atoms with Crippen LogP contribution in [-0.4, -0.2) is 147 Å². The van der Waals surface area contributed by atoms with Gasteiger partial charge in [-0.2, -0.15) is 0 Å². The Morgan fingerprint density at radius 2 is 1.68 bits per heavy atom. The van der Waals surface area contributed by atoms with Crippen LogP contribution in [0.5, 0.6) is 5.75 Å². The van der Waals surface area contributed by atoms with Gasteiger partial charge >= 0.3 is 5.97 Å². The molecule has 2 saturated heterocycles. The maximum atomic E-state index is 17.0. The molecule has 0 radical (unpaired) electrons. The number of phenols is 1. The number of carbonyl (C=O) groups excluding carboxylic acids is 3. The number of aromatic amines is 1. The highest BCUT2D eigenvalue weighted by molar-refractivity contribution is 8.76. The lowest BCUT2D eigenvalue weighted by atomic mass is 9.39. The van der Waals surface area contributed by atoms with E-state index in [0.717, 1.165) is 62.5 Å². The predicted octanol–water partition coefficient (Wildman–Crippen LogP) is 7.41. The number of hydrogen-bond acceptors (Lipinski definition) is 17. The number of phenolic OH excluding ortho intramolecular Hbond substituents is 1. The number of guanidine groups is 1. The van der Waals surface area contributed by atoms with Crippen LogP contribution < -0.4 is 16.8 Å². The number of rotatable bonds is 10. The molecule has 1 aromatic heterocycles. The number of Topliss-reactive ketones (excluding diaryl/α,β-unsaturated/α-hetero) is 2. The topological polar surface area (TPSA) is 335 Å². The molecule has 4 bridgehead atoms. The van der Waals surface area contributed by atoms with Crippen molar-refractivity contribution >= 4 is 45.1 Å². The standard InChI is InChI=1S/C73H101N5O13S2/c1-4-56-57(58(66(87)91-56)44-22-27-76-35-44)42-9-8-10-43-32-73(90)60-51(21-23-70(73,26-28-77-67(74)75)64(43)68(3,88)71(89)25-24-69(31-42)50(48(33-71)65(85)86)20-17-41-14-13-39(2)29-52(41)69)72(46-11-6-5-7-12-46)34-55(82)62(83)49-38-93-92-37-45(40-15-18-47(80)19-16-40)30-54(81)53(36-79)78-61(60)63(84)59(49)72/h15-19,22,27,35,39,42-43,45-46,48-53,55-59,62,64-65,76,78-80,82-83,85-86,88-90H,4-7,10-14,20-21,23-26,28-34,36-38H2,1-3H3,(H4,74,75,77). The van der Waals surface area contributed by atoms with E-state index in [1.165, 1.54) is 27.2 Å². The number of carbonyl (C=O) groups is 3. The summed E-state index contributed by atoms with van der Waals surface area (Å²) in [6.45, 7) is 5.22. The number of cyclic esters (lactones) is 1. The number of benzene rings is 1. The highest BCUT2D eigenvalue weighted by Crippen LogP contribution is 2.76. The van der Waals surface area contributed by atoms with E-state index < -0.39 is 141 Å². The molecule has 0 amide bonds. The molecule has 6 saturated carbocycles. The maximum Gasteiger partial charge on any atom is 0.314 e. The molecule has 9 aliphatic carbocycles. The first-order valence-electron chi connectivity index (χ1n) is 35.1. The first kappa shape index (κ1) is 67.2. The third-order valence-electron chi connectivity index (χ3n) is 27.0. The Labute approximate surface area is 555 Å². The van der Waals surface area contributed by atoms with E-state index in [1.807, 2.05) is 25.4 Å². The van der Waals surface area contributed by atoms with Crippen molar-refractivity contribution in [2.24, 2.45) is 104 Å². The molecule has 8 fully saturated rings. The van der Waals surface area contributed by atoms with Crippen molar-refractivity contribution in [3.05, 3.63) is 76.8 Å². The number of allylic oxidation sites excluding steroid dienone is 3. The van der Waals surface area contributed by atoms with E-state index in [1.54, 1.807) is 31.2 Å². The van der Waals surface area contributed by atoms with Crippen LogP contribution in [0.25, 0.3) is 0 Å². The van der Waals surface area contributed by atoms with Gasteiger partial charge in [0.15, 0.2) is 23.8 Å². The Morgan fingerprint density at radius 1 is 0.914 bits per heavy atom. The Balaban J connectivity index is 1.04. The van der Waals surface area contributed by atoms with Gasteiger partial charge in [0.25, 0.3) is 0 Å². The summed E-state index contributed by atoms with van der Waals surface area (Å²) in [6, 6.07) is 7.27. The van der Waals surface area contributed by atoms with E-state index in [4.69, 9.17) is 16.2 Å². The van der Waals surface area contributed by atoms with Crippen LogP contribution in [0.3, 0.4) is 0 Å². The van der Waals surface area contributed by atoms with Gasteiger partial charge in [-0.15, -0.1) is 5.92 Å². The Hall–Kier alpha value is -4.40. The maximum absolute atomic E-state index is 17.0. The van der Waals surface area contributed by atoms with Crippen molar-refractivity contribution in [1.82, 2.24) is 10.3 Å². The van der Waals surface area contributed by atoms with Gasteiger partial charge < -0.3 is 72.5 Å². The molecular formula is C73H101N5O13S2. The highest BCUT2D eigenvalue weighted by atomic mass is 33.1. The number of aliphatic hydroxyl groups excluding tert-OH is 4. The summed E-state index contributed by atoms with van der Waals surface area (Å²) in [7, 11) is 3.02. The van der Waals surface area contributed by atoms with E-state index in [0.29, 0.717) is 49.3 Å². The molecule has 1 aromatic carbocycles. The zero-order valence-electron chi connectivity index (χ0n) is 54.3. The number of aliphatic imine (C=N–C) groups is 1. The van der Waals surface area contributed by atoms with Crippen molar-refractivity contribution in [2.75, 3.05) is 24.7 Å². The van der Waals surface area contributed by atoms with Crippen molar-refractivity contribution in [2.45, 2.75) is 215 Å². The van der Waals surface area contributed by atoms with E-state index in [2.05, 4.69) is 40.1 Å². The molecule has 23 atom stereocenters. The van der Waals surface area contributed by atoms with Crippen LogP contribution in [0.2, 0.25) is 0 Å². The minimum Gasteiger partial charge on any atom is -0.508 e. The number of ketones is 2. The minimum atomic E-state index is -2.15. The number of H-pyrrole nitrogens is 1. The molecule has 508 valence electrons. The molecule has 3 heterocycles. The van der Waals surface area contributed by atoms with Crippen LogP contribution in [0, 0.1) is 99.1 Å². The summed E-state index contributed by atoms with van der Waals surface area (Å²) >= 11 is 0. The van der Waals surface area contributed by atoms with Gasteiger partial charge in [0, 0.05) is 90.1 Å². The largest absolute Gasteiger partial charge is 0.508 e. The van der Waals surface area contributed by atoms with Crippen molar-refractivity contribution in [3.8, 4) is 17.6 Å². The van der Waals surface area contributed by atoms with Gasteiger partial charge in [-0.3, -0.25) is 19.4 Å². The quantitative estimate of drug-likeness (QED) is 0.0209. The number of nitrogens with one attached hydrogen (secondary N) is 2. The van der Waals surface area contributed by atoms with Gasteiger partial charge in [-0.05, 0) is 191 Å². The molecule has 1 spiro atoms. The monoisotopic (exact) mass is 1320 g/mol. The number of esters is 1. The smallest absolute Gasteiger partial charge is 0.314 e. The molecular weight excluding hydrogens is 1220 g/mol. The normalized spacial score (nSPS) is 44.5. The summed E-state index contributed by atoms with van der Waals surface area (Å²) in [5.74, 6) is -0.154. The number of hydrogen-bond donors (Lipinski definition) is 13. The van der Waals surface area contributed by atoms with Crippen LogP contribution >= 0.6 is 21.6 Å². The third-order valence-corrected chi connectivity index (χ3v) is 29.6. The van der Waals surface area contributed by atoms with Crippen LogP contribution in [0.15, 0.2) is 70.6 Å². The van der Waals surface area contributed by atoms with Gasteiger partial charge in [0.2, 0.25) is 0 Å². The lowest BCUT2D eigenvalue weighted by Crippen LogP contribution is -2.70. The summed E-state index contributed by atoms with van der Waals surface area (Å²) in [5, 5.41) is 119. The number of aliphatic hydroxyl groups is 8.